The van der Waals surface area contributed by atoms with Crippen molar-refractivity contribution in [1.82, 2.24) is 0 Å². The average Bonchev–Trinajstić information content (AvgIpc) is 3.19. The number of amides is 1. The predicted molar refractivity (Wildman–Crippen MR) is 118 cm³/mol. The number of nitriles is 2. The molecule has 3 rings (SSSR count). The van der Waals surface area contributed by atoms with Crippen molar-refractivity contribution in [3.8, 4) is 17.9 Å². The highest BCUT2D eigenvalue weighted by molar-refractivity contribution is 7.14. The van der Waals surface area contributed by atoms with E-state index in [1.54, 1.807) is 53.9 Å². The number of hydrogen-bond acceptors (Lipinski definition) is 5. The Morgan fingerprint density at radius 3 is 2.53 bits per heavy atom. The summed E-state index contributed by atoms with van der Waals surface area (Å²) in [5, 5.41) is 24.2. The van der Waals surface area contributed by atoms with Crippen LogP contribution in [-0.4, -0.2) is 5.91 Å². The number of ether oxygens (including phenoxy) is 1. The van der Waals surface area contributed by atoms with Gasteiger partial charge in [-0.05, 0) is 35.7 Å². The minimum atomic E-state index is -0.611. The summed E-state index contributed by atoms with van der Waals surface area (Å²) in [7, 11) is 0. The number of nitrogens with zero attached hydrogens (tertiary/aromatic N) is 2. The van der Waals surface area contributed by atoms with Gasteiger partial charge >= 0.3 is 0 Å². The van der Waals surface area contributed by atoms with Crippen LogP contribution in [0.2, 0.25) is 10.0 Å². The maximum absolute atomic E-state index is 12.5. The fourth-order valence-corrected chi connectivity index (χ4v) is 3.76. The molecule has 3 aromatic rings. The van der Waals surface area contributed by atoms with Gasteiger partial charge in [-0.2, -0.15) is 10.5 Å². The molecule has 8 heteroatoms. The first kappa shape index (κ1) is 21.4. The zero-order chi connectivity index (χ0) is 21.5. The first-order valence-corrected chi connectivity index (χ1v) is 10.2. The van der Waals surface area contributed by atoms with Gasteiger partial charge in [-0.15, -0.1) is 11.3 Å². The predicted octanol–water partition coefficient (Wildman–Crippen LogP) is 6.05. The minimum absolute atomic E-state index is 0.123. The van der Waals surface area contributed by atoms with E-state index in [-0.39, 0.29) is 12.2 Å². The van der Waals surface area contributed by atoms with Crippen LogP contribution in [0.15, 0.2) is 59.5 Å². The van der Waals surface area contributed by atoms with Crippen molar-refractivity contribution < 1.29 is 9.53 Å². The molecule has 0 saturated heterocycles. The third-order valence-electron chi connectivity index (χ3n) is 4.03. The summed E-state index contributed by atoms with van der Waals surface area (Å²) in [4.78, 5) is 12.5. The molecule has 0 bridgehead atoms. The van der Waals surface area contributed by atoms with Crippen LogP contribution in [0, 0.1) is 22.7 Å². The van der Waals surface area contributed by atoms with E-state index in [1.807, 2.05) is 12.1 Å². The van der Waals surface area contributed by atoms with Gasteiger partial charge in [0.25, 0.3) is 5.91 Å². The van der Waals surface area contributed by atoms with Crippen LogP contribution in [0.25, 0.3) is 6.08 Å². The zero-order valence-corrected chi connectivity index (χ0v) is 17.7. The second kappa shape index (κ2) is 9.96. The first-order chi connectivity index (χ1) is 14.5. The molecule has 0 saturated carbocycles. The number of rotatable bonds is 6. The molecule has 148 valence electrons. The maximum atomic E-state index is 12.5. The van der Waals surface area contributed by atoms with E-state index in [0.717, 1.165) is 0 Å². The molecule has 1 aromatic heterocycles. The molecule has 0 aliphatic heterocycles. The molecule has 0 spiro atoms. The standard InChI is InChI=1S/C22H13Cl2N3O2S/c23-18-5-3-6-19(24)17(18)13-29-20-7-2-1-4-14(20)10-16(12-26)21(28)27-22-15(11-25)8-9-30-22/h1-10H,13H2,(H,27,28)/b16-10+. The van der Waals surface area contributed by atoms with E-state index < -0.39 is 5.91 Å². The highest BCUT2D eigenvalue weighted by atomic mass is 35.5. The van der Waals surface area contributed by atoms with Gasteiger partial charge in [-0.25, -0.2) is 0 Å². The van der Waals surface area contributed by atoms with Crippen LogP contribution < -0.4 is 10.1 Å². The first-order valence-electron chi connectivity index (χ1n) is 8.59. The summed E-state index contributed by atoms with van der Waals surface area (Å²) in [5.41, 5.74) is 1.39. The monoisotopic (exact) mass is 453 g/mol. The van der Waals surface area contributed by atoms with Crippen LogP contribution in [0.1, 0.15) is 16.7 Å². The van der Waals surface area contributed by atoms with E-state index in [1.165, 1.54) is 17.4 Å². The van der Waals surface area contributed by atoms with E-state index in [2.05, 4.69) is 5.32 Å². The number of carbonyl (C=O) groups is 1. The number of halogens is 2. The molecule has 0 radical (unpaired) electrons. The molecule has 0 aliphatic rings. The molecule has 0 aliphatic carbocycles. The molecule has 0 fully saturated rings. The molecular formula is C22H13Cl2N3O2S. The summed E-state index contributed by atoms with van der Waals surface area (Å²) >= 11 is 13.6. The lowest BCUT2D eigenvalue weighted by Gasteiger charge is -2.12. The van der Waals surface area contributed by atoms with Gasteiger partial charge in [0, 0.05) is 21.2 Å². The summed E-state index contributed by atoms with van der Waals surface area (Å²) in [6, 6.07) is 17.6. The molecule has 1 N–H and O–H groups in total. The van der Waals surface area contributed by atoms with Gasteiger partial charge in [0.2, 0.25) is 0 Å². The van der Waals surface area contributed by atoms with Crippen molar-refractivity contribution in [3.05, 3.63) is 86.2 Å². The lowest BCUT2D eigenvalue weighted by molar-refractivity contribution is -0.112. The van der Waals surface area contributed by atoms with Crippen LogP contribution in [0.4, 0.5) is 5.00 Å². The number of thiophene rings is 1. The second-order valence-electron chi connectivity index (χ2n) is 5.93. The van der Waals surface area contributed by atoms with Gasteiger partial charge in [-0.3, -0.25) is 4.79 Å². The number of carbonyl (C=O) groups excluding carboxylic acids is 1. The highest BCUT2D eigenvalue weighted by Gasteiger charge is 2.14. The van der Waals surface area contributed by atoms with Crippen LogP contribution >= 0.6 is 34.5 Å². The largest absolute Gasteiger partial charge is 0.488 e. The van der Waals surface area contributed by atoms with Crippen LogP contribution in [-0.2, 0) is 11.4 Å². The SMILES string of the molecule is N#C/C(=C\c1ccccc1OCc1c(Cl)cccc1Cl)C(=O)Nc1sccc1C#N. The Balaban J connectivity index is 1.83. The third-order valence-corrected chi connectivity index (χ3v) is 5.57. The Hall–Kier alpha value is -3.29. The van der Waals surface area contributed by atoms with Crippen molar-refractivity contribution in [1.29, 1.82) is 10.5 Å². The minimum Gasteiger partial charge on any atom is -0.488 e. The smallest absolute Gasteiger partial charge is 0.266 e. The number of anilines is 1. The molecule has 0 atom stereocenters. The summed E-state index contributed by atoms with van der Waals surface area (Å²) < 4.78 is 5.86. The molecule has 0 unspecified atom stereocenters. The number of nitrogens with one attached hydrogen (secondary N) is 1. The normalized spacial score (nSPS) is 10.7. The van der Waals surface area contributed by atoms with E-state index in [9.17, 15) is 10.1 Å². The molecule has 1 amide bonds. The second-order valence-corrected chi connectivity index (χ2v) is 7.66. The number of hydrogen-bond donors (Lipinski definition) is 1. The Labute approximate surface area is 187 Å². The number of benzene rings is 2. The Kier molecular flexibility index (Phi) is 7.11. The number of para-hydroxylation sites is 1. The maximum Gasteiger partial charge on any atom is 0.266 e. The third kappa shape index (κ3) is 5.00. The Bertz CT molecular complexity index is 1190. The molecular weight excluding hydrogens is 441 g/mol. The van der Waals surface area contributed by atoms with Gasteiger partial charge in [-0.1, -0.05) is 47.5 Å². The van der Waals surface area contributed by atoms with Crippen LogP contribution in [0.5, 0.6) is 5.75 Å². The van der Waals surface area contributed by atoms with E-state index in [0.29, 0.717) is 37.5 Å². The van der Waals surface area contributed by atoms with Crippen molar-refractivity contribution in [2.75, 3.05) is 5.32 Å². The van der Waals surface area contributed by atoms with Crippen molar-refractivity contribution in [2.45, 2.75) is 6.61 Å². The highest BCUT2D eigenvalue weighted by Crippen LogP contribution is 2.28. The summed E-state index contributed by atoms with van der Waals surface area (Å²) in [6.07, 6.45) is 1.43. The fourth-order valence-electron chi connectivity index (χ4n) is 2.52. The van der Waals surface area contributed by atoms with Crippen LogP contribution in [0.3, 0.4) is 0 Å². The van der Waals surface area contributed by atoms with Gasteiger partial charge in [0.1, 0.15) is 35.1 Å². The van der Waals surface area contributed by atoms with Gasteiger partial charge in [0.05, 0.1) is 5.56 Å². The van der Waals surface area contributed by atoms with Gasteiger partial charge in [0.15, 0.2) is 0 Å². The van der Waals surface area contributed by atoms with E-state index in [4.69, 9.17) is 33.2 Å². The lowest BCUT2D eigenvalue weighted by Crippen LogP contribution is -2.13. The molecule has 5 nitrogen and oxygen atoms in total. The Morgan fingerprint density at radius 2 is 1.83 bits per heavy atom. The van der Waals surface area contributed by atoms with Gasteiger partial charge < -0.3 is 10.1 Å². The molecule has 1 heterocycles. The summed E-state index contributed by atoms with van der Waals surface area (Å²) in [6.45, 7) is 0.123. The van der Waals surface area contributed by atoms with Crippen molar-refractivity contribution in [3.63, 3.8) is 0 Å². The Morgan fingerprint density at radius 1 is 1.10 bits per heavy atom. The lowest BCUT2D eigenvalue weighted by atomic mass is 10.1. The van der Waals surface area contributed by atoms with E-state index >= 15 is 0 Å². The zero-order valence-electron chi connectivity index (χ0n) is 15.4. The van der Waals surface area contributed by atoms with Crippen molar-refractivity contribution >= 4 is 51.5 Å². The quantitative estimate of drug-likeness (QED) is 0.363. The summed E-state index contributed by atoms with van der Waals surface area (Å²) in [5.74, 6) is -0.150. The topological polar surface area (TPSA) is 85.9 Å². The fraction of sp³-hybridized carbons (Fsp3) is 0.0455. The van der Waals surface area contributed by atoms with Crippen molar-refractivity contribution in [2.24, 2.45) is 0 Å². The molecule has 2 aromatic carbocycles. The molecule has 30 heavy (non-hydrogen) atoms. The average molecular weight is 454 g/mol.